The van der Waals surface area contributed by atoms with Gasteiger partial charge in [0.2, 0.25) is 0 Å². The summed E-state index contributed by atoms with van der Waals surface area (Å²) in [5.41, 5.74) is 0. The predicted octanol–water partition coefficient (Wildman–Crippen LogP) is 10.0. The van der Waals surface area contributed by atoms with E-state index in [2.05, 4.69) is 43.0 Å². The highest BCUT2D eigenvalue weighted by Crippen LogP contribution is 2.23. The topological polar surface area (TPSA) is 6.48 Å². The molecule has 0 saturated heterocycles. The van der Waals surface area contributed by atoms with Gasteiger partial charge in [-0.05, 0) is 25.7 Å². The van der Waals surface area contributed by atoms with Crippen LogP contribution in [0.3, 0.4) is 0 Å². The van der Waals surface area contributed by atoms with Gasteiger partial charge in [0, 0.05) is 25.5 Å². The highest BCUT2D eigenvalue weighted by Gasteiger charge is 2.24. The molecule has 190 valence electrons. The van der Waals surface area contributed by atoms with E-state index in [4.69, 9.17) is 0 Å². The zero-order chi connectivity index (χ0) is 23.1. The van der Waals surface area contributed by atoms with Gasteiger partial charge in [-0.15, -0.1) is 0 Å². The SMILES string of the molecule is CCCCCCCCCCCCCCN1C=CN(CCC)C1CCCCCCCCCC. The maximum atomic E-state index is 2.66. The quantitative estimate of drug-likeness (QED) is 0.135. The van der Waals surface area contributed by atoms with Gasteiger partial charge in [0.1, 0.15) is 6.17 Å². The predicted molar refractivity (Wildman–Crippen MR) is 145 cm³/mol. The van der Waals surface area contributed by atoms with Crippen LogP contribution in [0.4, 0.5) is 0 Å². The van der Waals surface area contributed by atoms with Crippen molar-refractivity contribution in [3.8, 4) is 0 Å². The Kier molecular flexibility index (Phi) is 20.3. The van der Waals surface area contributed by atoms with E-state index in [1.54, 1.807) is 0 Å². The monoisotopic (exact) mass is 448 g/mol. The Labute approximate surface area is 203 Å². The molecular weight excluding hydrogens is 388 g/mol. The molecule has 1 rings (SSSR count). The number of hydrogen-bond donors (Lipinski definition) is 0. The smallest absolute Gasteiger partial charge is 0.101 e. The fourth-order valence-electron chi connectivity index (χ4n) is 5.19. The van der Waals surface area contributed by atoms with Crippen molar-refractivity contribution in [1.29, 1.82) is 0 Å². The molecule has 1 aliphatic rings. The minimum Gasteiger partial charge on any atom is -0.356 e. The van der Waals surface area contributed by atoms with Crippen molar-refractivity contribution in [3.05, 3.63) is 12.4 Å². The third-order valence-corrected chi connectivity index (χ3v) is 7.28. The minimum atomic E-state index is 0.641. The fraction of sp³-hybridized carbons (Fsp3) is 0.933. The molecule has 0 aliphatic carbocycles. The van der Waals surface area contributed by atoms with E-state index < -0.39 is 0 Å². The Bertz CT molecular complexity index is 406. The van der Waals surface area contributed by atoms with Crippen molar-refractivity contribution in [3.63, 3.8) is 0 Å². The summed E-state index contributed by atoms with van der Waals surface area (Å²) in [5, 5.41) is 0. The molecule has 0 amide bonds. The first-order valence-electron chi connectivity index (χ1n) is 15.0. The molecule has 2 heteroatoms. The number of rotatable bonds is 24. The molecule has 0 aromatic heterocycles. The average molecular weight is 449 g/mol. The molecule has 0 aromatic rings. The first-order chi connectivity index (χ1) is 15.8. The lowest BCUT2D eigenvalue weighted by Crippen LogP contribution is -2.39. The first-order valence-corrected chi connectivity index (χ1v) is 15.0. The Balaban J connectivity index is 2.07. The van der Waals surface area contributed by atoms with Crippen LogP contribution in [0.1, 0.15) is 162 Å². The van der Waals surface area contributed by atoms with E-state index in [1.165, 1.54) is 154 Å². The van der Waals surface area contributed by atoms with E-state index in [-0.39, 0.29) is 0 Å². The molecule has 1 heterocycles. The van der Waals surface area contributed by atoms with Gasteiger partial charge in [0.05, 0.1) is 0 Å². The Hall–Kier alpha value is -0.660. The molecule has 0 bridgehead atoms. The molecule has 32 heavy (non-hydrogen) atoms. The van der Waals surface area contributed by atoms with Crippen molar-refractivity contribution in [2.24, 2.45) is 0 Å². The standard InChI is InChI=1S/C30H60N2/c1-4-7-9-11-13-15-16-17-18-20-22-24-27-32-29-28-31(26-6-3)30(32)25-23-21-19-14-12-10-8-5-2/h28-30H,4-27H2,1-3H3. The molecule has 0 saturated carbocycles. The van der Waals surface area contributed by atoms with Gasteiger partial charge in [-0.25, -0.2) is 0 Å². The third kappa shape index (κ3) is 15.2. The zero-order valence-electron chi connectivity index (χ0n) is 22.6. The second-order valence-corrected chi connectivity index (χ2v) is 10.4. The normalized spacial score (nSPS) is 15.9. The van der Waals surface area contributed by atoms with Crippen LogP contribution in [0.15, 0.2) is 12.4 Å². The Morgan fingerprint density at radius 1 is 0.406 bits per heavy atom. The van der Waals surface area contributed by atoms with E-state index in [9.17, 15) is 0 Å². The third-order valence-electron chi connectivity index (χ3n) is 7.28. The molecule has 1 aliphatic heterocycles. The molecule has 0 radical (unpaired) electrons. The first kappa shape index (κ1) is 29.4. The van der Waals surface area contributed by atoms with Gasteiger partial charge in [-0.2, -0.15) is 0 Å². The lowest BCUT2D eigenvalue weighted by molar-refractivity contribution is 0.137. The van der Waals surface area contributed by atoms with Crippen molar-refractivity contribution in [1.82, 2.24) is 9.80 Å². The molecule has 1 atom stereocenters. The molecule has 2 nitrogen and oxygen atoms in total. The summed E-state index contributed by atoms with van der Waals surface area (Å²) >= 11 is 0. The van der Waals surface area contributed by atoms with E-state index in [0.717, 1.165) is 0 Å². The fourth-order valence-corrected chi connectivity index (χ4v) is 5.19. The summed E-state index contributed by atoms with van der Waals surface area (Å²) in [4.78, 5) is 5.27. The summed E-state index contributed by atoms with van der Waals surface area (Å²) in [6.45, 7) is 9.40. The summed E-state index contributed by atoms with van der Waals surface area (Å²) in [5.74, 6) is 0. The summed E-state index contributed by atoms with van der Waals surface area (Å²) < 4.78 is 0. The van der Waals surface area contributed by atoms with Crippen LogP contribution in [-0.2, 0) is 0 Å². The minimum absolute atomic E-state index is 0.641. The van der Waals surface area contributed by atoms with Crippen LogP contribution >= 0.6 is 0 Å². The number of nitrogens with zero attached hydrogens (tertiary/aromatic N) is 2. The van der Waals surface area contributed by atoms with Crippen molar-refractivity contribution in [2.75, 3.05) is 13.1 Å². The van der Waals surface area contributed by atoms with Gasteiger partial charge >= 0.3 is 0 Å². The van der Waals surface area contributed by atoms with E-state index in [0.29, 0.717) is 6.17 Å². The number of hydrogen-bond acceptors (Lipinski definition) is 2. The summed E-state index contributed by atoms with van der Waals surface area (Å²) in [6.07, 6.45) is 36.7. The highest BCUT2D eigenvalue weighted by atomic mass is 15.4. The molecular formula is C30H60N2. The molecule has 1 unspecified atom stereocenters. The zero-order valence-corrected chi connectivity index (χ0v) is 22.6. The van der Waals surface area contributed by atoms with Crippen LogP contribution in [0.5, 0.6) is 0 Å². The summed E-state index contributed by atoms with van der Waals surface area (Å²) in [6, 6.07) is 0. The largest absolute Gasteiger partial charge is 0.356 e. The molecule has 0 N–H and O–H groups in total. The molecule has 0 spiro atoms. The van der Waals surface area contributed by atoms with Gasteiger partial charge < -0.3 is 9.80 Å². The van der Waals surface area contributed by atoms with Gasteiger partial charge in [0.25, 0.3) is 0 Å². The lowest BCUT2D eigenvalue weighted by atomic mass is 10.0. The maximum absolute atomic E-state index is 2.66. The van der Waals surface area contributed by atoms with Crippen LogP contribution < -0.4 is 0 Å². The Morgan fingerprint density at radius 2 is 0.781 bits per heavy atom. The van der Waals surface area contributed by atoms with Crippen LogP contribution in [0, 0.1) is 0 Å². The Morgan fingerprint density at radius 3 is 1.22 bits per heavy atom. The van der Waals surface area contributed by atoms with Gasteiger partial charge in [0.15, 0.2) is 0 Å². The highest BCUT2D eigenvalue weighted by molar-refractivity contribution is 4.96. The van der Waals surface area contributed by atoms with Gasteiger partial charge in [-0.1, -0.05) is 136 Å². The van der Waals surface area contributed by atoms with Crippen molar-refractivity contribution < 1.29 is 0 Å². The number of unbranched alkanes of at least 4 members (excludes halogenated alkanes) is 18. The van der Waals surface area contributed by atoms with Crippen molar-refractivity contribution >= 4 is 0 Å². The second-order valence-electron chi connectivity index (χ2n) is 10.4. The molecule has 0 fully saturated rings. The second kappa shape index (κ2) is 22.1. The van der Waals surface area contributed by atoms with Crippen molar-refractivity contribution in [2.45, 2.75) is 168 Å². The van der Waals surface area contributed by atoms with Crippen LogP contribution in [0.2, 0.25) is 0 Å². The lowest BCUT2D eigenvalue weighted by Gasteiger charge is -2.33. The van der Waals surface area contributed by atoms with Crippen LogP contribution in [0.25, 0.3) is 0 Å². The van der Waals surface area contributed by atoms with Crippen LogP contribution in [-0.4, -0.2) is 29.1 Å². The maximum Gasteiger partial charge on any atom is 0.101 e. The van der Waals surface area contributed by atoms with E-state index in [1.807, 2.05) is 0 Å². The average Bonchev–Trinajstić information content (AvgIpc) is 3.18. The molecule has 0 aromatic carbocycles. The van der Waals surface area contributed by atoms with E-state index >= 15 is 0 Å². The summed E-state index contributed by atoms with van der Waals surface area (Å²) in [7, 11) is 0. The van der Waals surface area contributed by atoms with Gasteiger partial charge in [-0.3, -0.25) is 0 Å².